The van der Waals surface area contributed by atoms with Gasteiger partial charge in [0.25, 0.3) is 0 Å². The first-order chi connectivity index (χ1) is 21.3. The lowest BCUT2D eigenvalue weighted by Crippen LogP contribution is -1.98. The van der Waals surface area contributed by atoms with E-state index in [2.05, 4.69) is 147 Å². The Hall–Kier alpha value is -5.68. The molecule has 0 saturated heterocycles. The van der Waals surface area contributed by atoms with Crippen molar-refractivity contribution in [1.82, 2.24) is 19.3 Å². The molecule has 0 aliphatic heterocycles. The summed E-state index contributed by atoms with van der Waals surface area (Å²) in [5, 5.41) is 13.7. The quantitative estimate of drug-likeness (QED) is 0.218. The third-order valence-corrected chi connectivity index (χ3v) is 8.56. The third-order valence-electron chi connectivity index (χ3n) is 8.56. The van der Waals surface area contributed by atoms with E-state index < -0.39 is 0 Å². The van der Waals surface area contributed by atoms with E-state index in [-0.39, 0.29) is 0 Å². The van der Waals surface area contributed by atoms with Crippen molar-refractivity contribution in [3.8, 4) is 28.6 Å². The summed E-state index contributed by atoms with van der Waals surface area (Å²) in [6, 6.07) is 40.4. The van der Waals surface area contributed by atoms with Crippen LogP contribution in [0.2, 0.25) is 0 Å². The van der Waals surface area contributed by atoms with Gasteiger partial charge in [0.15, 0.2) is 0 Å². The topological polar surface area (TPSA) is 48.8 Å². The normalized spacial score (nSPS) is 13.4. The largest absolute Gasteiger partial charge is 0.416 e. The van der Waals surface area contributed by atoms with Crippen LogP contribution >= 0.6 is 0 Å². The molecule has 0 saturated carbocycles. The maximum absolute atomic E-state index is 6.34. The number of benzene rings is 5. The van der Waals surface area contributed by atoms with E-state index in [4.69, 9.17) is 4.42 Å². The molecule has 0 N–H and O–H groups in total. The van der Waals surface area contributed by atoms with Crippen LogP contribution in [0.1, 0.15) is 12.8 Å². The fraction of sp³-hybridized carbons (Fsp3) is 0.0526. The lowest BCUT2D eigenvalue weighted by Gasteiger charge is -2.13. The van der Waals surface area contributed by atoms with Crippen LogP contribution in [0.4, 0.5) is 0 Å². The molecule has 1 aliphatic rings. The molecule has 43 heavy (non-hydrogen) atoms. The molecule has 8 aromatic rings. The molecule has 3 aromatic heterocycles. The first kappa shape index (κ1) is 24.0. The van der Waals surface area contributed by atoms with Crippen LogP contribution in [0.15, 0.2) is 138 Å². The number of rotatable bonds is 4. The van der Waals surface area contributed by atoms with Gasteiger partial charge in [-0.3, -0.25) is 0 Å². The minimum absolute atomic E-state index is 0.509. The van der Waals surface area contributed by atoms with Gasteiger partial charge in [0.05, 0.1) is 22.1 Å². The monoisotopic (exact) mass is 554 g/mol. The van der Waals surface area contributed by atoms with Crippen molar-refractivity contribution in [2.75, 3.05) is 0 Å². The van der Waals surface area contributed by atoms with Crippen molar-refractivity contribution in [2.24, 2.45) is 0 Å². The van der Waals surface area contributed by atoms with Gasteiger partial charge in [0, 0.05) is 44.1 Å². The molecular formula is C38H26N4O. The fourth-order valence-corrected chi connectivity index (χ4v) is 6.61. The van der Waals surface area contributed by atoms with Gasteiger partial charge in [-0.25, -0.2) is 0 Å². The Morgan fingerprint density at radius 2 is 1.09 bits per heavy atom. The van der Waals surface area contributed by atoms with Crippen LogP contribution in [-0.2, 0) is 0 Å². The Balaban J connectivity index is 1.15. The average Bonchev–Trinajstić information content (AvgIpc) is 3.78. The highest BCUT2D eigenvalue weighted by Crippen LogP contribution is 2.38. The van der Waals surface area contributed by atoms with E-state index in [0.717, 1.165) is 40.6 Å². The van der Waals surface area contributed by atoms with E-state index in [1.54, 1.807) is 0 Å². The van der Waals surface area contributed by atoms with Crippen molar-refractivity contribution < 1.29 is 4.42 Å². The van der Waals surface area contributed by atoms with Gasteiger partial charge in [-0.15, -0.1) is 10.2 Å². The van der Waals surface area contributed by atoms with E-state index in [1.807, 2.05) is 6.07 Å². The van der Waals surface area contributed by atoms with Crippen molar-refractivity contribution in [3.05, 3.63) is 133 Å². The van der Waals surface area contributed by atoms with E-state index >= 15 is 0 Å². The first-order valence-electron chi connectivity index (χ1n) is 14.7. The van der Waals surface area contributed by atoms with Crippen molar-refractivity contribution in [2.45, 2.75) is 12.8 Å². The number of hydrogen-bond donors (Lipinski definition) is 0. The molecule has 0 amide bonds. The molecule has 5 heteroatoms. The molecule has 1 aliphatic carbocycles. The molecule has 0 bridgehead atoms. The van der Waals surface area contributed by atoms with Gasteiger partial charge in [0.1, 0.15) is 0 Å². The molecule has 0 atom stereocenters. The van der Waals surface area contributed by atoms with Gasteiger partial charge < -0.3 is 13.6 Å². The second kappa shape index (κ2) is 9.43. The van der Waals surface area contributed by atoms with Gasteiger partial charge >= 0.3 is 0 Å². The number of aromatic nitrogens is 4. The molecule has 0 spiro atoms. The predicted molar refractivity (Wildman–Crippen MR) is 175 cm³/mol. The summed E-state index contributed by atoms with van der Waals surface area (Å²) in [7, 11) is 0. The van der Waals surface area contributed by atoms with E-state index in [1.165, 1.54) is 38.4 Å². The first-order valence-corrected chi connectivity index (χ1v) is 14.7. The number of hydrogen-bond acceptors (Lipinski definition) is 3. The highest BCUT2D eigenvalue weighted by Gasteiger charge is 2.18. The summed E-state index contributed by atoms with van der Waals surface area (Å²) in [6.07, 6.45) is 8.68. The van der Waals surface area contributed by atoms with Crippen LogP contribution in [0, 0.1) is 0 Å². The molecule has 9 rings (SSSR count). The van der Waals surface area contributed by atoms with Crippen LogP contribution in [-0.4, -0.2) is 19.3 Å². The number of allylic oxidation sites excluding steroid dienone is 4. The Morgan fingerprint density at radius 3 is 1.72 bits per heavy atom. The molecule has 0 unspecified atom stereocenters. The van der Waals surface area contributed by atoms with Crippen LogP contribution in [0.3, 0.4) is 0 Å². The standard InChI is InChI=1S/C38H26N4O/c1-3-11-27(12-4-1)41-33-17-9-7-15-29(33)31-23-25(19-21-35(31)41)37-39-40-38(43-37)26-20-22-36-32(24-26)30-16-8-10-18-34(30)42(36)28-13-5-2-6-14-28/h1-5,7-13,15-24H,6,14H2. The zero-order valence-electron chi connectivity index (χ0n) is 23.3. The highest BCUT2D eigenvalue weighted by molar-refractivity contribution is 6.12. The second-order valence-electron chi connectivity index (χ2n) is 11.0. The number of para-hydroxylation sites is 3. The Morgan fingerprint density at radius 1 is 0.535 bits per heavy atom. The van der Waals surface area contributed by atoms with Crippen molar-refractivity contribution in [3.63, 3.8) is 0 Å². The molecule has 204 valence electrons. The molecule has 3 heterocycles. The maximum Gasteiger partial charge on any atom is 0.248 e. The van der Waals surface area contributed by atoms with E-state index in [9.17, 15) is 0 Å². The average molecular weight is 555 g/mol. The summed E-state index contributed by atoms with van der Waals surface area (Å²) in [6.45, 7) is 0. The summed E-state index contributed by atoms with van der Waals surface area (Å²) in [5.41, 5.74) is 8.96. The SMILES string of the molecule is C1=CCCC(n2c3ccccc3c3cc(-c4nnc(-c5ccc6c(c5)c5ccccc5n6-c5ccccc5)o4)ccc32)=C1. The van der Waals surface area contributed by atoms with Crippen LogP contribution in [0.25, 0.3) is 77.9 Å². The van der Waals surface area contributed by atoms with Crippen LogP contribution in [0.5, 0.6) is 0 Å². The van der Waals surface area contributed by atoms with Gasteiger partial charge in [-0.05, 0) is 79.6 Å². The Labute approximate surface area is 247 Å². The van der Waals surface area contributed by atoms with E-state index in [0.29, 0.717) is 11.8 Å². The lowest BCUT2D eigenvalue weighted by molar-refractivity contribution is 0.585. The lowest BCUT2D eigenvalue weighted by atomic mass is 10.1. The highest BCUT2D eigenvalue weighted by atomic mass is 16.4. The van der Waals surface area contributed by atoms with Gasteiger partial charge in [0.2, 0.25) is 11.8 Å². The summed E-state index contributed by atoms with van der Waals surface area (Å²) in [4.78, 5) is 0. The number of fused-ring (bicyclic) bond motifs is 6. The predicted octanol–water partition coefficient (Wildman–Crippen LogP) is 9.80. The minimum atomic E-state index is 0.509. The Kier molecular flexibility index (Phi) is 5.26. The van der Waals surface area contributed by atoms with Crippen molar-refractivity contribution in [1.29, 1.82) is 0 Å². The molecule has 0 fully saturated rings. The molecule has 5 aromatic carbocycles. The zero-order valence-corrected chi connectivity index (χ0v) is 23.3. The van der Waals surface area contributed by atoms with Crippen molar-refractivity contribution >= 4 is 49.3 Å². The minimum Gasteiger partial charge on any atom is -0.416 e. The zero-order chi connectivity index (χ0) is 28.3. The van der Waals surface area contributed by atoms with Gasteiger partial charge in [-0.1, -0.05) is 66.7 Å². The summed E-state index contributed by atoms with van der Waals surface area (Å²) in [5.74, 6) is 1.02. The molecular weight excluding hydrogens is 528 g/mol. The number of nitrogens with zero attached hydrogens (tertiary/aromatic N) is 4. The molecule has 0 radical (unpaired) electrons. The smallest absolute Gasteiger partial charge is 0.248 e. The Bertz CT molecular complexity index is 2400. The fourth-order valence-electron chi connectivity index (χ4n) is 6.61. The summed E-state index contributed by atoms with van der Waals surface area (Å²) < 4.78 is 11.0. The summed E-state index contributed by atoms with van der Waals surface area (Å²) >= 11 is 0. The molecule has 5 nitrogen and oxygen atoms in total. The maximum atomic E-state index is 6.34. The van der Waals surface area contributed by atoms with Crippen LogP contribution < -0.4 is 0 Å². The second-order valence-corrected chi connectivity index (χ2v) is 11.0. The van der Waals surface area contributed by atoms with Gasteiger partial charge in [-0.2, -0.15) is 0 Å². The third kappa shape index (κ3) is 3.71.